The fourth-order valence-electron chi connectivity index (χ4n) is 3.89. The number of amides is 2. The summed E-state index contributed by atoms with van der Waals surface area (Å²) in [6, 6.07) is 14.8. The summed E-state index contributed by atoms with van der Waals surface area (Å²) in [5.41, 5.74) is 1.85. The molecule has 1 N–H and O–H groups in total. The first-order valence-electron chi connectivity index (χ1n) is 10.6. The molecule has 1 aliphatic carbocycles. The van der Waals surface area contributed by atoms with Crippen LogP contribution in [-0.2, 0) is 0 Å². The number of ether oxygens (including phenoxy) is 1. The van der Waals surface area contributed by atoms with Gasteiger partial charge in [0.15, 0.2) is 0 Å². The Kier molecular flexibility index (Phi) is 5.84. The van der Waals surface area contributed by atoms with E-state index < -0.39 is 0 Å². The molecule has 1 atom stereocenters. The van der Waals surface area contributed by atoms with Crippen molar-refractivity contribution in [2.24, 2.45) is 0 Å². The smallest absolute Gasteiger partial charge is 0.259 e. The molecule has 2 aromatic rings. The van der Waals surface area contributed by atoms with Crippen molar-refractivity contribution in [2.75, 3.05) is 11.9 Å². The summed E-state index contributed by atoms with van der Waals surface area (Å²) in [5, 5.41) is 2.92. The fourth-order valence-corrected chi connectivity index (χ4v) is 3.89. The monoisotopic (exact) mass is 392 g/mol. The molecule has 5 heteroatoms. The zero-order chi connectivity index (χ0) is 20.2. The van der Waals surface area contributed by atoms with E-state index in [1.807, 2.05) is 23.1 Å². The van der Waals surface area contributed by atoms with Crippen LogP contribution < -0.4 is 10.1 Å². The maximum Gasteiger partial charge on any atom is 0.259 e. The standard InChI is InChI=1S/C24H28N2O3/c1-17-7-4-5-16-26(17)24(28)18-12-14-19(15-13-18)25-23(27)21-10-2-3-11-22(21)29-20-8-6-9-20/h2-3,10-15,17,20H,4-9,16H2,1H3,(H,25,27). The molecule has 2 fully saturated rings. The highest BCUT2D eigenvalue weighted by Crippen LogP contribution is 2.28. The second kappa shape index (κ2) is 8.68. The van der Waals surface area contributed by atoms with E-state index in [0.717, 1.165) is 32.2 Å². The van der Waals surface area contributed by atoms with Crippen LogP contribution in [0, 0.1) is 0 Å². The molecule has 0 radical (unpaired) electrons. The molecule has 1 saturated carbocycles. The number of likely N-dealkylation sites (tertiary alicyclic amines) is 1. The lowest BCUT2D eigenvalue weighted by Gasteiger charge is -2.33. The van der Waals surface area contributed by atoms with Crippen molar-refractivity contribution in [3.05, 3.63) is 59.7 Å². The van der Waals surface area contributed by atoms with Crippen LogP contribution in [0.4, 0.5) is 5.69 Å². The van der Waals surface area contributed by atoms with Gasteiger partial charge in [0.25, 0.3) is 11.8 Å². The fraction of sp³-hybridized carbons (Fsp3) is 0.417. The van der Waals surface area contributed by atoms with Crippen molar-refractivity contribution in [1.82, 2.24) is 4.90 Å². The second-order valence-electron chi connectivity index (χ2n) is 8.04. The van der Waals surface area contributed by atoms with Crippen molar-refractivity contribution in [1.29, 1.82) is 0 Å². The highest BCUT2D eigenvalue weighted by molar-refractivity contribution is 6.06. The van der Waals surface area contributed by atoms with Gasteiger partial charge in [-0.2, -0.15) is 0 Å². The zero-order valence-corrected chi connectivity index (χ0v) is 16.9. The van der Waals surface area contributed by atoms with Gasteiger partial charge >= 0.3 is 0 Å². The van der Waals surface area contributed by atoms with Gasteiger partial charge in [-0.3, -0.25) is 9.59 Å². The van der Waals surface area contributed by atoms with E-state index in [1.165, 1.54) is 12.8 Å². The molecule has 0 bridgehead atoms. The Hall–Kier alpha value is -2.82. The Morgan fingerprint density at radius 3 is 2.41 bits per heavy atom. The molecule has 29 heavy (non-hydrogen) atoms. The number of nitrogens with zero attached hydrogens (tertiary/aromatic N) is 1. The normalized spacial score (nSPS) is 19.3. The predicted molar refractivity (Wildman–Crippen MR) is 113 cm³/mol. The van der Waals surface area contributed by atoms with Gasteiger partial charge in [0, 0.05) is 23.8 Å². The Bertz CT molecular complexity index is 874. The molecule has 2 aliphatic rings. The van der Waals surface area contributed by atoms with E-state index in [9.17, 15) is 9.59 Å². The number of piperidine rings is 1. The van der Waals surface area contributed by atoms with E-state index >= 15 is 0 Å². The zero-order valence-electron chi connectivity index (χ0n) is 16.9. The van der Waals surface area contributed by atoms with E-state index in [-0.39, 0.29) is 24.0 Å². The predicted octanol–water partition coefficient (Wildman–Crippen LogP) is 4.88. The number of hydrogen-bond donors (Lipinski definition) is 1. The molecule has 5 nitrogen and oxygen atoms in total. The Labute approximate surface area is 172 Å². The first kappa shape index (κ1) is 19.5. The van der Waals surface area contributed by atoms with Crippen molar-refractivity contribution in [3.8, 4) is 5.75 Å². The van der Waals surface area contributed by atoms with Crippen LogP contribution in [0.2, 0.25) is 0 Å². The third-order valence-electron chi connectivity index (χ3n) is 5.93. The van der Waals surface area contributed by atoms with Crippen molar-refractivity contribution in [2.45, 2.75) is 57.6 Å². The van der Waals surface area contributed by atoms with E-state index in [0.29, 0.717) is 22.6 Å². The minimum absolute atomic E-state index is 0.0642. The maximum absolute atomic E-state index is 12.8. The van der Waals surface area contributed by atoms with Crippen molar-refractivity contribution in [3.63, 3.8) is 0 Å². The molecule has 2 aromatic carbocycles. The molecule has 0 spiro atoms. The molecule has 152 valence electrons. The van der Waals surface area contributed by atoms with E-state index in [1.54, 1.807) is 30.3 Å². The third-order valence-corrected chi connectivity index (χ3v) is 5.93. The molecule has 1 heterocycles. The largest absolute Gasteiger partial charge is 0.490 e. The molecule has 4 rings (SSSR count). The molecule has 1 saturated heterocycles. The van der Waals surface area contributed by atoms with Gasteiger partial charge in [0.05, 0.1) is 11.7 Å². The number of rotatable bonds is 5. The first-order valence-corrected chi connectivity index (χ1v) is 10.6. The number of anilines is 1. The van der Waals surface area contributed by atoms with E-state index in [2.05, 4.69) is 12.2 Å². The SMILES string of the molecule is CC1CCCCN1C(=O)c1ccc(NC(=O)c2ccccc2OC2CCC2)cc1. The number of nitrogens with one attached hydrogen (secondary N) is 1. The minimum atomic E-state index is -0.205. The number of benzene rings is 2. The van der Waals surface area contributed by atoms with Crippen LogP contribution in [0.25, 0.3) is 0 Å². The van der Waals surface area contributed by atoms with E-state index in [4.69, 9.17) is 4.74 Å². The number of carbonyl (C=O) groups excluding carboxylic acids is 2. The topological polar surface area (TPSA) is 58.6 Å². The highest BCUT2D eigenvalue weighted by atomic mass is 16.5. The van der Waals surface area contributed by atoms with Gasteiger partial charge in [-0.25, -0.2) is 0 Å². The summed E-state index contributed by atoms with van der Waals surface area (Å²) in [5.74, 6) is 0.485. The number of hydrogen-bond acceptors (Lipinski definition) is 3. The lowest BCUT2D eigenvalue weighted by Crippen LogP contribution is -2.42. The Morgan fingerprint density at radius 2 is 1.72 bits per heavy atom. The van der Waals surface area contributed by atoms with Crippen molar-refractivity contribution < 1.29 is 14.3 Å². The van der Waals surface area contributed by atoms with Crippen LogP contribution in [0.15, 0.2) is 48.5 Å². The molecule has 1 unspecified atom stereocenters. The Balaban J connectivity index is 1.42. The molecular formula is C24H28N2O3. The van der Waals surface area contributed by atoms with Gasteiger partial charge in [-0.1, -0.05) is 12.1 Å². The average molecular weight is 392 g/mol. The lowest BCUT2D eigenvalue weighted by atomic mass is 9.96. The van der Waals surface area contributed by atoms with Crippen LogP contribution >= 0.6 is 0 Å². The van der Waals surface area contributed by atoms with Gasteiger partial charge in [-0.05, 0) is 81.8 Å². The quantitative estimate of drug-likeness (QED) is 0.788. The number of carbonyl (C=O) groups is 2. The van der Waals surface area contributed by atoms with Crippen LogP contribution in [0.1, 0.15) is 66.2 Å². The van der Waals surface area contributed by atoms with Crippen LogP contribution in [0.5, 0.6) is 5.75 Å². The van der Waals surface area contributed by atoms with Gasteiger partial charge < -0.3 is 15.0 Å². The molecule has 1 aliphatic heterocycles. The summed E-state index contributed by atoms with van der Waals surface area (Å²) >= 11 is 0. The molecule has 0 aromatic heterocycles. The highest BCUT2D eigenvalue weighted by Gasteiger charge is 2.24. The molecular weight excluding hydrogens is 364 g/mol. The van der Waals surface area contributed by atoms with Crippen LogP contribution in [-0.4, -0.2) is 35.4 Å². The lowest BCUT2D eigenvalue weighted by molar-refractivity contribution is 0.0635. The van der Waals surface area contributed by atoms with Crippen molar-refractivity contribution >= 4 is 17.5 Å². The summed E-state index contributed by atoms with van der Waals surface area (Å²) < 4.78 is 5.96. The minimum Gasteiger partial charge on any atom is -0.490 e. The number of para-hydroxylation sites is 1. The summed E-state index contributed by atoms with van der Waals surface area (Å²) in [4.78, 5) is 27.5. The van der Waals surface area contributed by atoms with Gasteiger partial charge in [0.2, 0.25) is 0 Å². The maximum atomic E-state index is 12.8. The van der Waals surface area contributed by atoms with Gasteiger partial charge in [0.1, 0.15) is 5.75 Å². The first-order chi connectivity index (χ1) is 14.1. The summed E-state index contributed by atoms with van der Waals surface area (Å²) in [6.07, 6.45) is 6.78. The average Bonchev–Trinajstić information content (AvgIpc) is 2.71. The summed E-state index contributed by atoms with van der Waals surface area (Å²) in [7, 11) is 0. The third kappa shape index (κ3) is 4.44. The van der Waals surface area contributed by atoms with Crippen LogP contribution in [0.3, 0.4) is 0 Å². The second-order valence-corrected chi connectivity index (χ2v) is 8.04. The molecule has 2 amide bonds. The summed E-state index contributed by atoms with van der Waals surface area (Å²) in [6.45, 7) is 2.92. The van der Waals surface area contributed by atoms with Gasteiger partial charge in [-0.15, -0.1) is 0 Å². The Morgan fingerprint density at radius 1 is 0.966 bits per heavy atom.